The number of hydrogen-bond donors (Lipinski definition) is 0. The van der Waals surface area contributed by atoms with Gasteiger partial charge in [0.25, 0.3) is 0 Å². The maximum atomic E-state index is 7.40. The van der Waals surface area contributed by atoms with Crippen LogP contribution in [0, 0.1) is 27.7 Å². The third-order valence-corrected chi connectivity index (χ3v) is 11.1. The smallest absolute Gasteiger partial charge is 1.00 e. The van der Waals surface area contributed by atoms with Gasteiger partial charge in [0.15, 0.2) is 23.0 Å². The van der Waals surface area contributed by atoms with Gasteiger partial charge in [-0.05, 0) is 73.9 Å². The van der Waals surface area contributed by atoms with Gasteiger partial charge in [-0.25, -0.2) is 9.98 Å². The number of ether oxygens (including phenoxy) is 2. The molecule has 6 aromatic carbocycles. The summed E-state index contributed by atoms with van der Waals surface area (Å²) in [5.74, 6) is 1.28. The molecule has 8 rings (SSSR count). The van der Waals surface area contributed by atoms with Crippen LogP contribution >= 0.6 is 0 Å². The van der Waals surface area contributed by atoms with E-state index in [1.807, 2.05) is 0 Å². The van der Waals surface area contributed by atoms with Crippen LogP contribution < -0.4 is 34.0 Å². The standard InChI is InChI=1S/C49H46N2O2.2BrH.Ni/c1-34-19-11-15-27-40(34)48(41-28-16-12-20-35(41)2)44(31-38-23-7-5-8-24-38)50-46(52-48)33-47-51-45(32-39-25-9-6-10-26-39)49(53-47,42-29-17-13-21-36(42)3)43-30-18-14-22-37(43)4;;;/h5-30,44-45H,31-33H2,1-4H3;2*1H;/q;;;+2/p-2/t44-,45-;;;/m1.../s1. The first-order chi connectivity index (χ1) is 25.9. The van der Waals surface area contributed by atoms with E-state index in [0.29, 0.717) is 31.1 Å². The Bertz CT molecular complexity index is 2060. The minimum Gasteiger partial charge on any atom is -1.00 e. The minimum atomic E-state index is -0.840. The zero-order valence-electron chi connectivity index (χ0n) is 32.1. The van der Waals surface area contributed by atoms with Gasteiger partial charge in [-0.2, -0.15) is 0 Å². The van der Waals surface area contributed by atoms with Gasteiger partial charge < -0.3 is 43.4 Å². The van der Waals surface area contributed by atoms with Gasteiger partial charge in [0.2, 0.25) is 0 Å². The van der Waals surface area contributed by atoms with Gasteiger partial charge in [-0.15, -0.1) is 0 Å². The Hall–Kier alpha value is -4.29. The van der Waals surface area contributed by atoms with Crippen LogP contribution in [0.4, 0.5) is 0 Å². The summed E-state index contributed by atoms with van der Waals surface area (Å²) in [4.78, 5) is 11.0. The normalized spacial score (nSPS) is 17.5. The monoisotopic (exact) mass is 910 g/mol. The van der Waals surface area contributed by atoms with Crippen LogP contribution in [0.2, 0.25) is 0 Å². The van der Waals surface area contributed by atoms with E-state index in [2.05, 4.69) is 185 Å². The van der Waals surface area contributed by atoms with Crippen LogP contribution in [-0.4, -0.2) is 23.9 Å². The predicted molar refractivity (Wildman–Crippen MR) is 216 cm³/mol. The maximum absolute atomic E-state index is 7.40. The van der Waals surface area contributed by atoms with Gasteiger partial charge in [-0.1, -0.05) is 158 Å². The fourth-order valence-corrected chi connectivity index (χ4v) is 8.62. The molecule has 7 heteroatoms. The Morgan fingerprint density at radius 1 is 0.411 bits per heavy atom. The Kier molecular flexibility index (Phi) is 14.0. The van der Waals surface area contributed by atoms with Gasteiger partial charge in [0.05, 0.1) is 6.42 Å². The number of rotatable bonds is 10. The van der Waals surface area contributed by atoms with E-state index < -0.39 is 11.2 Å². The first-order valence-corrected chi connectivity index (χ1v) is 18.7. The Labute approximate surface area is 363 Å². The molecule has 2 atom stereocenters. The van der Waals surface area contributed by atoms with Gasteiger partial charge in [0, 0.05) is 22.3 Å². The van der Waals surface area contributed by atoms with Crippen molar-refractivity contribution in [2.75, 3.05) is 0 Å². The fraction of sp³-hybridized carbons (Fsp3) is 0.224. The van der Waals surface area contributed by atoms with Crippen molar-refractivity contribution in [2.45, 2.75) is 70.2 Å². The summed E-state index contributed by atoms with van der Waals surface area (Å²) >= 11 is 0. The molecule has 0 unspecified atom stereocenters. The molecule has 0 amide bonds. The van der Waals surface area contributed by atoms with Crippen LogP contribution in [0.15, 0.2) is 168 Å². The Morgan fingerprint density at radius 2 is 0.679 bits per heavy atom. The molecule has 288 valence electrons. The van der Waals surface area contributed by atoms with Crippen LogP contribution in [0.25, 0.3) is 0 Å². The average molecular weight is 913 g/mol. The van der Waals surface area contributed by atoms with E-state index in [4.69, 9.17) is 19.5 Å². The van der Waals surface area contributed by atoms with E-state index in [9.17, 15) is 0 Å². The zero-order chi connectivity index (χ0) is 36.4. The molecule has 56 heavy (non-hydrogen) atoms. The molecule has 0 aromatic heterocycles. The van der Waals surface area contributed by atoms with Crippen molar-refractivity contribution in [2.24, 2.45) is 9.98 Å². The summed E-state index contributed by atoms with van der Waals surface area (Å²) in [5, 5.41) is 0. The molecule has 0 aliphatic carbocycles. The molecule has 0 saturated heterocycles. The molecule has 0 bridgehead atoms. The van der Waals surface area contributed by atoms with Gasteiger partial charge in [0.1, 0.15) is 12.1 Å². The van der Waals surface area contributed by atoms with Crippen molar-refractivity contribution in [1.82, 2.24) is 0 Å². The Balaban J connectivity index is 0.00000200. The molecule has 0 saturated carbocycles. The van der Waals surface area contributed by atoms with Crippen molar-refractivity contribution in [3.8, 4) is 0 Å². The summed E-state index contributed by atoms with van der Waals surface area (Å²) in [6.07, 6.45) is 1.77. The minimum absolute atomic E-state index is 0. The summed E-state index contributed by atoms with van der Waals surface area (Å²) in [5.41, 5.74) is 9.92. The zero-order valence-corrected chi connectivity index (χ0v) is 36.2. The van der Waals surface area contributed by atoms with Crippen molar-refractivity contribution < 1.29 is 59.9 Å². The van der Waals surface area contributed by atoms with Gasteiger partial charge >= 0.3 is 16.5 Å². The van der Waals surface area contributed by atoms with Crippen LogP contribution in [0.5, 0.6) is 0 Å². The van der Waals surface area contributed by atoms with E-state index in [-0.39, 0.29) is 62.5 Å². The number of halogens is 2. The molecule has 2 aliphatic rings. The molecule has 0 spiro atoms. The van der Waals surface area contributed by atoms with E-state index >= 15 is 0 Å². The second-order valence-corrected chi connectivity index (χ2v) is 14.6. The van der Waals surface area contributed by atoms with E-state index in [1.54, 1.807) is 0 Å². The summed E-state index contributed by atoms with van der Waals surface area (Å²) in [6.45, 7) is 8.70. The molecule has 2 aliphatic heterocycles. The molecule has 6 aromatic rings. The second-order valence-electron chi connectivity index (χ2n) is 14.6. The number of nitrogens with zero attached hydrogens (tertiary/aromatic N) is 2. The van der Waals surface area contributed by atoms with Crippen molar-refractivity contribution in [3.63, 3.8) is 0 Å². The summed E-state index contributed by atoms with van der Waals surface area (Å²) in [6, 6.07) is 55.2. The summed E-state index contributed by atoms with van der Waals surface area (Å²) in [7, 11) is 0. The average Bonchev–Trinajstić information content (AvgIpc) is 3.71. The first kappa shape index (κ1) is 42.8. The third-order valence-electron chi connectivity index (χ3n) is 11.1. The second kappa shape index (κ2) is 18.3. The molecular weight excluding hydrogens is 867 g/mol. The van der Waals surface area contributed by atoms with Crippen molar-refractivity contribution in [3.05, 3.63) is 213 Å². The fourth-order valence-electron chi connectivity index (χ4n) is 8.62. The van der Waals surface area contributed by atoms with E-state index in [0.717, 1.165) is 22.3 Å². The van der Waals surface area contributed by atoms with E-state index in [1.165, 1.54) is 33.4 Å². The quantitative estimate of drug-likeness (QED) is 0.189. The molecule has 0 fully saturated rings. The first-order valence-electron chi connectivity index (χ1n) is 18.7. The number of benzene rings is 6. The van der Waals surface area contributed by atoms with Crippen molar-refractivity contribution >= 4 is 11.8 Å². The largest absolute Gasteiger partial charge is 2.00 e. The van der Waals surface area contributed by atoms with Gasteiger partial charge in [-0.3, -0.25) is 0 Å². The molecule has 4 nitrogen and oxygen atoms in total. The summed E-state index contributed by atoms with van der Waals surface area (Å²) < 4.78 is 14.8. The number of hydrogen-bond acceptors (Lipinski definition) is 4. The topological polar surface area (TPSA) is 43.2 Å². The molecule has 2 heterocycles. The number of aliphatic imine (C=N–C) groups is 2. The SMILES string of the molecule is Cc1ccccc1C1(c2ccccc2C)OC(CC2=N[C@H](Cc3ccccc3)C(c3ccccc3C)(c3ccccc3C)O2)=N[C@@H]1Cc1ccccc1.[Br-].[Br-].[Ni+2]. The predicted octanol–water partition coefficient (Wildman–Crippen LogP) is 4.58. The van der Waals surface area contributed by atoms with Crippen molar-refractivity contribution in [1.29, 1.82) is 0 Å². The van der Waals surface area contributed by atoms with Crippen LogP contribution in [0.3, 0.4) is 0 Å². The maximum Gasteiger partial charge on any atom is 2.00 e. The third kappa shape index (κ3) is 7.96. The molecule has 0 N–H and O–H groups in total. The molecular formula is C49H46Br2N2NiO2. The van der Waals surface area contributed by atoms with Crippen LogP contribution in [-0.2, 0) is 50.0 Å². The number of aryl methyl sites for hydroxylation is 4. The molecule has 0 radical (unpaired) electrons. The Morgan fingerprint density at radius 3 is 0.964 bits per heavy atom. The van der Waals surface area contributed by atoms with Crippen LogP contribution in [0.1, 0.15) is 62.1 Å².